The Morgan fingerprint density at radius 3 is 2.77 bits per heavy atom. The number of benzene rings is 2. The van der Waals surface area contributed by atoms with Gasteiger partial charge in [0, 0.05) is 17.9 Å². The van der Waals surface area contributed by atoms with Crippen molar-refractivity contribution in [2.45, 2.75) is 32.6 Å². The first-order valence-electron chi connectivity index (χ1n) is 10.1. The summed E-state index contributed by atoms with van der Waals surface area (Å²) in [5.41, 5.74) is 3.97. The number of hydrogen-bond donors (Lipinski definition) is 1. The van der Waals surface area contributed by atoms with Crippen molar-refractivity contribution in [2.24, 2.45) is 0 Å². The number of thiazole rings is 1. The lowest BCUT2D eigenvalue weighted by molar-refractivity contribution is -0.116. The number of para-hydroxylation sites is 1. The van der Waals surface area contributed by atoms with E-state index in [0.29, 0.717) is 13.0 Å². The Hall–Kier alpha value is -3.19. The van der Waals surface area contributed by atoms with Crippen molar-refractivity contribution in [3.63, 3.8) is 0 Å². The van der Waals surface area contributed by atoms with Crippen LogP contribution in [0.4, 0.5) is 5.82 Å². The van der Waals surface area contributed by atoms with E-state index in [1.165, 1.54) is 0 Å². The molecule has 0 saturated heterocycles. The molecule has 1 N–H and O–H groups in total. The maximum absolute atomic E-state index is 12.6. The molecule has 30 heavy (non-hydrogen) atoms. The Balaban J connectivity index is 1.56. The van der Waals surface area contributed by atoms with Gasteiger partial charge >= 0.3 is 0 Å². The number of carbonyl (C=O) groups is 1. The highest BCUT2D eigenvalue weighted by molar-refractivity contribution is 7.20. The zero-order chi connectivity index (χ0) is 20.7. The first kappa shape index (κ1) is 18.8. The van der Waals surface area contributed by atoms with Crippen LogP contribution in [-0.2, 0) is 4.79 Å². The lowest BCUT2D eigenvalue weighted by Gasteiger charge is -2.24. The molecule has 0 fully saturated rings. The van der Waals surface area contributed by atoms with Gasteiger partial charge in [-0.05, 0) is 43.2 Å². The number of rotatable bonds is 5. The fraction of sp³-hybridized carbons (Fsp3) is 0.261. The highest BCUT2D eigenvalue weighted by Gasteiger charge is 2.33. The van der Waals surface area contributed by atoms with Crippen LogP contribution in [-0.4, -0.2) is 27.3 Å². The number of aromatic nitrogens is 3. The fourth-order valence-electron chi connectivity index (χ4n) is 3.94. The summed E-state index contributed by atoms with van der Waals surface area (Å²) in [7, 11) is 0. The number of aryl methyl sites for hydroxylation is 1. The molecule has 4 aromatic rings. The van der Waals surface area contributed by atoms with E-state index in [1.54, 1.807) is 16.0 Å². The third-order valence-electron chi connectivity index (χ3n) is 5.32. The molecule has 152 valence electrons. The van der Waals surface area contributed by atoms with E-state index in [9.17, 15) is 4.79 Å². The van der Waals surface area contributed by atoms with Gasteiger partial charge in [-0.2, -0.15) is 9.78 Å². The van der Waals surface area contributed by atoms with Crippen molar-refractivity contribution in [3.05, 3.63) is 65.4 Å². The van der Waals surface area contributed by atoms with E-state index in [0.717, 1.165) is 50.2 Å². The molecule has 1 aliphatic heterocycles. The van der Waals surface area contributed by atoms with E-state index in [1.807, 2.05) is 55.5 Å². The topological polar surface area (TPSA) is 69.0 Å². The number of nitrogens with zero attached hydrogens (tertiary/aromatic N) is 3. The lowest BCUT2D eigenvalue weighted by Crippen LogP contribution is -2.24. The largest absolute Gasteiger partial charge is 0.494 e. The van der Waals surface area contributed by atoms with Gasteiger partial charge < -0.3 is 10.1 Å². The zero-order valence-electron chi connectivity index (χ0n) is 16.9. The first-order valence-corrected chi connectivity index (χ1v) is 10.9. The number of hydrogen-bond acceptors (Lipinski definition) is 5. The van der Waals surface area contributed by atoms with E-state index in [-0.39, 0.29) is 11.8 Å². The summed E-state index contributed by atoms with van der Waals surface area (Å²) in [4.78, 5) is 17.3. The number of amides is 1. The minimum absolute atomic E-state index is 0.0129. The van der Waals surface area contributed by atoms with Crippen LogP contribution >= 0.6 is 11.3 Å². The molecule has 0 aliphatic carbocycles. The van der Waals surface area contributed by atoms with Crippen molar-refractivity contribution in [1.29, 1.82) is 0 Å². The van der Waals surface area contributed by atoms with Gasteiger partial charge in [-0.25, -0.2) is 4.98 Å². The number of carbonyl (C=O) groups excluding carboxylic acids is 1. The fourth-order valence-corrected chi connectivity index (χ4v) is 4.86. The molecule has 1 atom stereocenters. The summed E-state index contributed by atoms with van der Waals surface area (Å²) in [5, 5.41) is 8.54. The highest BCUT2D eigenvalue weighted by atomic mass is 32.1. The molecule has 0 radical (unpaired) electrons. The van der Waals surface area contributed by atoms with Gasteiger partial charge in [-0.1, -0.05) is 42.5 Å². The summed E-state index contributed by atoms with van der Waals surface area (Å²) in [6.07, 6.45) is 1.37. The van der Waals surface area contributed by atoms with Crippen LogP contribution in [0.15, 0.2) is 48.5 Å². The Kier molecular flexibility index (Phi) is 4.75. The van der Waals surface area contributed by atoms with E-state index in [2.05, 4.69) is 12.2 Å². The minimum Gasteiger partial charge on any atom is -0.494 e. The van der Waals surface area contributed by atoms with Crippen LogP contribution in [0.5, 0.6) is 5.75 Å². The highest BCUT2D eigenvalue weighted by Crippen LogP contribution is 2.41. The molecular weight excluding hydrogens is 396 g/mol. The van der Waals surface area contributed by atoms with Gasteiger partial charge in [-0.3, -0.25) is 4.79 Å². The van der Waals surface area contributed by atoms with Gasteiger partial charge in [0.2, 0.25) is 11.0 Å². The molecule has 0 unspecified atom stereocenters. The second kappa shape index (κ2) is 7.57. The molecule has 6 nitrogen and oxygen atoms in total. The van der Waals surface area contributed by atoms with Crippen molar-refractivity contribution in [1.82, 2.24) is 14.8 Å². The zero-order valence-corrected chi connectivity index (χ0v) is 17.7. The summed E-state index contributed by atoms with van der Waals surface area (Å²) < 4.78 is 8.57. The predicted octanol–water partition coefficient (Wildman–Crippen LogP) is 5.05. The maximum atomic E-state index is 12.6. The monoisotopic (exact) mass is 418 g/mol. The number of nitrogens with one attached hydrogen (secondary N) is 1. The summed E-state index contributed by atoms with van der Waals surface area (Å²) in [6, 6.07) is 16.1. The summed E-state index contributed by atoms with van der Waals surface area (Å²) >= 11 is 1.57. The third-order valence-corrected chi connectivity index (χ3v) is 6.33. The number of anilines is 1. The molecule has 3 heterocycles. The third kappa shape index (κ3) is 3.25. The second-order valence-corrected chi connectivity index (χ2v) is 8.46. The molecular formula is C23H22N4O2S. The lowest BCUT2D eigenvalue weighted by atomic mass is 9.86. The molecule has 0 saturated carbocycles. The van der Waals surface area contributed by atoms with Crippen LogP contribution in [0.25, 0.3) is 15.3 Å². The summed E-state index contributed by atoms with van der Waals surface area (Å²) in [6.45, 7) is 4.78. The minimum atomic E-state index is -0.0443. The molecule has 1 amide bonds. The SMILES string of the molecule is CCCOc1ccc([C@@H]2CC(=O)Nc3c2c(C)nn3-c2nc3ccccc3s2)cc1. The average molecular weight is 419 g/mol. The molecule has 7 heteroatoms. The quantitative estimate of drug-likeness (QED) is 0.492. The average Bonchev–Trinajstić information content (AvgIpc) is 3.33. The van der Waals surface area contributed by atoms with Crippen LogP contribution < -0.4 is 10.1 Å². The first-order chi connectivity index (χ1) is 14.6. The van der Waals surface area contributed by atoms with Crippen molar-refractivity contribution in [2.75, 3.05) is 11.9 Å². The van der Waals surface area contributed by atoms with Crippen LogP contribution in [0, 0.1) is 6.92 Å². The Morgan fingerprint density at radius 2 is 2.00 bits per heavy atom. The molecule has 1 aliphatic rings. The smallest absolute Gasteiger partial charge is 0.226 e. The van der Waals surface area contributed by atoms with Gasteiger partial charge in [0.05, 0.1) is 22.5 Å². The van der Waals surface area contributed by atoms with Gasteiger partial charge in [-0.15, -0.1) is 0 Å². The molecule has 2 aromatic carbocycles. The van der Waals surface area contributed by atoms with E-state index in [4.69, 9.17) is 14.8 Å². The molecule has 5 rings (SSSR count). The van der Waals surface area contributed by atoms with E-state index < -0.39 is 0 Å². The van der Waals surface area contributed by atoms with E-state index >= 15 is 0 Å². The Labute approximate surface area is 178 Å². The Morgan fingerprint density at radius 1 is 1.20 bits per heavy atom. The van der Waals surface area contributed by atoms with Crippen molar-refractivity contribution >= 4 is 33.3 Å². The number of fused-ring (bicyclic) bond motifs is 2. The van der Waals surface area contributed by atoms with Gasteiger partial charge in [0.15, 0.2) is 0 Å². The molecule has 0 spiro atoms. The second-order valence-electron chi connectivity index (χ2n) is 7.45. The number of ether oxygens (including phenoxy) is 1. The van der Waals surface area contributed by atoms with Gasteiger partial charge in [0.25, 0.3) is 0 Å². The molecule has 2 aromatic heterocycles. The maximum Gasteiger partial charge on any atom is 0.226 e. The van der Waals surface area contributed by atoms with Crippen molar-refractivity contribution in [3.8, 4) is 10.9 Å². The standard InChI is InChI=1S/C23H22N4O2S/c1-3-12-29-16-10-8-15(9-11-16)17-13-20(28)25-22-21(17)14(2)26-27(22)23-24-18-6-4-5-7-19(18)30-23/h4-11,17H,3,12-13H2,1-2H3,(H,25,28)/t17-/m0/s1. The predicted molar refractivity (Wildman–Crippen MR) is 119 cm³/mol. The van der Waals surface area contributed by atoms with Crippen molar-refractivity contribution < 1.29 is 9.53 Å². The van der Waals surface area contributed by atoms with Crippen LogP contribution in [0.1, 0.15) is 42.5 Å². The normalized spacial score (nSPS) is 15.8. The Bertz CT molecular complexity index is 1190. The summed E-state index contributed by atoms with van der Waals surface area (Å²) in [5.74, 6) is 1.51. The molecule has 0 bridgehead atoms. The van der Waals surface area contributed by atoms with Crippen LogP contribution in [0.3, 0.4) is 0 Å². The van der Waals surface area contributed by atoms with Gasteiger partial charge in [0.1, 0.15) is 11.6 Å². The van der Waals surface area contributed by atoms with Crippen LogP contribution in [0.2, 0.25) is 0 Å².